The van der Waals surface area contributed by atoms with Crippen LogP contribution in [0.15, 0.2) is 23.3 Å². The summed E-state index contributed by atoms with van der Waals surface area (Å²) in [5, 5.41) is 3.41. The summed E-state index contributed by atoms with van der Waals surface area (Å²) < 4.78 is 0. The molecule has 0 atom stereocenters. The fraction of sp³-hybridized carbons (Fsp3) is 0.667. The summed E-state index contributed by atoms with van der Waals surface area (Å²) in [5.41, 5.74) is 2.26. The van der Waals surface area contributed by atoms with Crippen molar-refractivity contribution in [2.45, 2.75) is 33.1 Å². The van der Waals surface area contributed by atoms with Crippen LogP contribution in [0, 0.1) is 6.92 Å². The van der Waals surface area contributed by atoms with Gasteiger partial charge in [0.1, 0.15) is 0 Å². The van der Waals surface area contributed by atoms with E-state index in [4.69, 9.17) is 4.99 Å². The first-order valence-electron chi connectivity index (χ1n) is 10.6. The minimum absolute atomic E-state index is 0.290. The molecule has 3 heterocycles. The number of likely N-dealkylation sites (tertiary alicyclic amines) is 1. The molecule has 0 spiro atoms. The monoisotopic (exact) mass is 386 g/mol. The molecule has 0 saturated carbocycles. The normalized spacial score (nSPS) is 18.6. The number of piperazine rings is 1. The van der Waals surface area contributed by atoms with Gasteiger partial charge in [-0.2, -0.15) is 0 Å². The van der Waals surface area contributed by atoms with Gasteiger partial charge in [0.25, 0.3) is 0 Å². The highest BCUT2D eigenvalue weighted by Crippen LogP contribution is 2.09. The molecule has 0 aromatic carbocycles. The number of hydrogen-bond donors (Lipinski definition) is 1. The van der Waals surface area contributed by atoms with E-state index in [-0.39, 0.29) is 0 Å². The maximum atomic E-state index is 12.4. The number of nitrogens with one attached hydrogen (secondary N) is 1. The molecular formula is C21H34N6O. The Labute approximate surface area is 168 Å². The summed E-state index contributed by atoms with van der Waals surface area (Å²) >= 11 is 0. The van der Waals surface area contributed by atoms with Gasteiger partial charge in [0, 0.05) is 64.2 Å². The lowest BCUT2D eigenvalue weighted by Crippen LogP contribution is -2.54. The van der Waals surface area contributed by atoms with Crippen molar-refractivity contribution in [3.05, 3.63) is 29.6 Å². The molecule has 2 saturated heterocycles. The van der Waals surface area contributed by atoms with Gasteiger partial charge in [-0.25, -0.2) is 0 Å². The van der Waals surface area contributed by atoms with Crippen LogP contribution < -0.4 is 5.32 Å². The van der Waals surface area contributed by atoms with Gasteiger partial charge in [0.2, 0.25) is 5.91 Å². The maximum Gasteiger partial charge on any atom is 0.236 e. The fourth-order valence-corrected chi connectivity index (χ4v) is 3.74. The van der Waals surface area contributed by atoms with Gasteiger partial charge in [-0.1, -0.05) is 6.07 Å². The quantitative estimate of drug-likeness (QED) is 0.587. The first kappa shape index (κ1) is 20.6. The molecule has 1 aromatic heterocycles. The number of carbonyl (C=O) groups excluding carboxylic acids is 1. The number of guanidine groups is 1. The van der Waals surface area contributed by atoms with Crippen molar-refractivity contribution in [2.24, 2.45) is 4.99 Å². The number of hydrogen-bond acceptors (Lipinski definition) is 4. The SMILES string of the molecule is CCNC(=NCCc1ccc(C)nc1)N1CCN(CC(=O)N2CCCC2)CC1. The van der Waals surface area contributed by atoms with Crippen molar-refractivity contribution >= 4 is 11.9 Å². The average Bonchev–Trinajstić information content (AvgIpc) is 3.24. The topological polar surface area (TPSA) is 64.1 Å². The molecule has 3 rings (SSSR count). The zero-order valence-corrected chi connectivity index (χ0v) is 17.4. The van der Waals surface area contributed by atoms with E-state index < -0.39 is 0 Å². The molecule has 0 unspecified atom stereocenters. The van der Waals surface area contributed by atoms with Gasteiger partial charge in [-0.3, -0.25) is 19.7 Å². The highest BCUT2D eigenvalue weighted by atomic mass is 16.2. The van der Waals surface area contributed by atoms with Gasteiger partial charge >= 0.3 is 0 Å². The van der Waals surface area contributed by atoms with Crippen LogP contribution in [-0.4, -0.2) is 90.5 Å². The predicted octanol–water partition coefficient (Wildman–Crippen LogP) is 1.14. The van der Waals surface area contributed by atoms with Crippen molar-refractivity contribution in [2.75, 3.05) is 58.9 Å². The van der Waals surface area contributed by atoms with E-state index in [0.717, 1.165) is 83.3 Å². The Morgan fingerprint density at radius 1 is 1.11 bits per heavy atom. The molecule has 7 nitrogen and oxygen atoms in total. The highest BCUT2D eigenvalue weighted by molar-refractivity contribution is 5.80. The summed E-state index contributed by atoms with van der Waals surface area (Å²) in [4.78, 5) is 28.1. The predicted molar refractivity (Wildman–Crippen MR) is 112 cm³/mol. The molecule has 0 radical (unpaired) electrons. The Bertz CT molecular complexity index is 645. The Balaban J connectivity index is 1.46. The first-order valence-corrected chi connectivity index (χ1v) is 10.6. The maximum absolute atomic E-state index is 12.4. The van der Waals surface area contributed by atoms with Gasteiger partial charge in [0.15, 0.2) is 5.96 Å². The van der Waals surface area contributed by atoms with E-state index in [1.165, 1.54) is 5.56 Å². The third-order valence-electron chi connectivity index (χ3n) is 5.46. The number of nitrogens with zero attached hydrogens (tertiary/aromatic N) is 5. The van der Waals surface area contributed by atoms with Crippen molar-refractivity contribution in [3.8, 4) is 0 Å². The number of aromatic nitrogens is 1. The van der Waals surface area contributed by atoms with Gasteiger partial charge < -0.3 is 15.1 Å². The highest BCUT2D eigenvalue weighted by Gasteiger charge is 2.24. The van der Waals surface area contributed by atoms with Crippen LogP contribution in [0.1, 0.15) is 31.0 Å². The smallest absolute Gasteiger partial charge is 0.236 e. The summed E-state index contributed by atoms with van der Waals surface area (Å²) in [7, 11) is 0. The molecule has 2 aliphatic heterocycles. The molecule has 2 fully saturated rings. The molecular weight excluding hydrogens is 352 g/mol. The van der Waals surface area contributed by atoms with Gasteiger partial charge in [-0.05, 0) is 44.7 Å². The number of rotatable bonds is 6. The molecule has 154 valence electrons. The lowest BCUT2D eigenvalue weighted by molar-refractivity contribution is -0.131. The van der Waals surface area contributed by atoms with E-state index in [2.05, 4.69) is 33.1 Å². The zero-order valence-electron chi connectivity index (χ0n) is 17.4. The third-order valence-corrected chi connectivity index (χ3v) is 5.46. The third kappa shape index (κ3) is 5.92. The zero-order chi connectivity index (χ0) is 19.8. The number of pyridine rings is 1. The number of aryl methyl sites for hydroxylation is 1. The Hall–Kier alpha value is -2.15. The van der Waals surface area contributed by atoms with Crippen LogP contribution in [0.4, 0.5) is 0 Å². The largest absolute Gasteiger partial charge is 0.357 e. The molecule has 0 bridgehead atoms. The Morgan fingerprint density at radius 2 is 1.86 bits per heavy atom. The second-order valence-electron chi connectivity index (χ2n) is 7.64. The molecule has 1 N–H and O–H groups in total. The molecule has 0 aliphatic carbocycles. The van der Waals surface area contributed by atoms with E-state index >= 15 is 0 Å². The Morgan fingerprint density at radius 3 is 2.50 bits per heavy atom. The molecule has 28 heavy (non-hydrogen) atoms. The van der Waals surface area contributed by atoms with Gasteiger partial charge in [0.05, 0.1) is 6.54 Å². The molecule has 7 heteroatoms. The van der Waals surface area contributed by atoms with Crippen molar-refractivity contribution in [1.82, 2.24) is 25.0 Å². The average molecular weight is 387 g/mol. The first-order chi connectivity index (χ1) is 13.7. The van der Waals surface area contributed by atoms with Crippen LogP contribution in [0.5, 0.6) is 0 Å². The van der Waals surface area contributed by atoms with Crippen LogP contribution in [0.2, 0.25) is 0 Å². The molecule has 2 aliphatic rings. The number of amides is 1. The summed E-state index contributed by atoms with van der Waals surface area (Å²) in [5.74, 6) is 1.27. The van der Waals surface area contributed by atoms with Gasteiger partial charge in [-0.15, -0.1) is 0 Å². The van der Waals surface area contributed by atoms with Crippen LogP contribution in [0.3, 0.4) is 0 Å². The van der Waals surface area contributed by atoms with Crippen LogP contribution >= 0.6 is 0 Å². The van der Waals surface area contributed by atoms with E-state index in [0.29, 0.717) is 12.5 Å². The molecule has 1 aromatic rings. The van der Waals surface area contributed by atoms with Crippen molar-refractivity contribution in [3.63, 3.8) is 0 Å². The second-order valence-corrected chi connectivity index (χ2v) is 7.64. The van der Waals surface area contributed by atoms with Crippen molar-refractivity contribution < 1.29 is 4.79 Å². The van der Waals surface area contributed by atoms with E-state index in [9.17, 15) is 4.79 Å². The fourth-order valence-electron chi connectivity index (χ4n) is 3.74. The lowest BCUT2D eigenvalue weighted by Gasteiger charge is -2.36. The summed E-state index contributed by atoms with van der Waals surface area (Å²) in [6.07, 6.45) is 5.14. The minimum atomic E-state index is 0.290. The second kappa shape index (κ2) is 10.4. The Kier molecular flexibility index (Phi) is 7.65. The number of carbonyl (C=O) groups is 1. The standard InChI is InChI=1S/C21H34N6O/c1-3-22-21(23-9-8-19-7-6-18(2)24-16-19)27-14-12-25(13-15-27)17-20(28)26-10-4-5-11-26/h6-7,16H,3-5,8-15,17H2,1-2H3,(H,22,23). The summed E-state index contributed by atoms with van der Waals surface area (Å²) in [6.45, 7) is 11.8. The van der Waals surface area contributed by atoms with Crippen LogP contribution in [-0.2, 0) is 11.2 Å². The minimum Gasteiger partial charge on any atom is -0.357 e. The van der Waals surface area contributed by atoms with Crippen molar-refractivity contribution in [1.29, 1.82) is 0 Å². The summed E-state index contributed by atoms with van der Waals surface area (Å²) in [6, 6.07) is 4.17. The number of aliphatic imine (C=N–C) groups is 1. The van der Waals surface area contributed by atoms with E-state index in [1.54, 1.807) is 0 Å². The lowest BCUT2D eigenvalue weighted by atomic mass is 10.2. The van der Waals surface area contributed by atoms with E-state index in [1.807, 2.05) is 24.1 Å². The molecule has 1 amide bonds. The van der Waals surface area contributed by atoms with Crippen LogP contribution in [0.25, 0.3) is 0 Å².